The Morgan fingerprint density at radius 3 is 2.36 bits per heavy atom. The van der Waals surface area contributed by atoms with Crippen LogP contribution in [0.2, 0.25) is 5.02 Å². The zero-order valence-electron chi connectivity index (χ0n) is 27.8. The number of aryl methyl sites for hydroxylation is 2. The van der Waals surface area contributed by atoms with Crippen LogP contribution in [0.3, 0.4) is 0 Å². The summed E-state index contributed by atoms with van der Waals surface area (Å²) in [4.78, 5) is 25.3. The topological polar surface area (TPSA) is 135 Å². The van der Waals surface area contributed by atoms with Crippen molar-refractivity contribution >= 4 is 50.5 Å². The maximum Gasteiger partial charge on any atom is 0.229 e. The van der Waals surface area contributed by atoms with Gasteiger partial charge in [0.15, 0.2) is 5.82 Å². The number of sulfone groups is 1. The van der Waals surface area contributed by atoms with Crippen LogP contribution in [0.25, 0.3) is 0 Å². The molecule has 3 aliphatic rings. The molecule has 254 valence electrons. The molecule has 47 heavy (non-hydrogen) atoms. The lowest BCUT2D eigenvalue weighted by Gasteiger charge is -2.42. The maximum absolute atomic E-state index is 13.0. The van der Waals surface area contributed by atoms with Crippen molar-refractivity contribution in [3.63, 3.8) is 0 Å². The van der Waals surface area contributed by atoms with E-state index in [2.05, 4.69) is 49.7 Å². The van der Waals surface area contributed by atoms with Crippen LogP contribution in [0, 0.1) is 6.92 Å². The number of anilines is 4. The largest absolute Gasteiger partial charge is 0.488 e. The number of ether oxygens (including phenoxy) is 1. The van der Waals surface area contributed by atoms with Crippen molar-refractivity contribution in [2.45, 2.75) is 94.6 Å². The average molecular weight is 685 g/mol. The Morgan fingerprint density at radius 2 is 1.72 bits per heavy atom. The number of nitrogens with one attached hydrogen (secondary N) is 2. The van der Waals surface area contributed by atoms with Crippen LogP contribution in [0.1, 0.15) is 76.3 Å². The highest BCUT2D eigenvalue weighted by atomic mass is 35.5. The van der Waals surface area contributed by atoms with Crippen LogP contribution in [-0.4, -0.2) is 87.4 Å². The van der Waals surface area contributed by atoms with E-state index in [1.165, 1.54) is 22.0 Å². The summed E-state index contributed by atoms with van der Waals surface area (Å²) in [6.07, 6.45) is 9.86. The van der Waals surface area contributed by atoms with Crippen LogP contribution < -0.4 is 15.4 Å². The van der Waals surface area contributed by atoms with E-state index in [4.69, 9.17) is 16.3 Å². The number of nitrogens with zero attached hydrogens (tertiary/aromatic N) is 6. The summed E-state index contributed by atoms with van der Waals surface area (Å²) in [7, 11) is -1.99. The Balaban J connectivity index is 1.18. The highest BCUT2D eigenvalue weighted by Crippen LogP contribution is 2.42. The first-order valence-corrected chi connectivity index (χ1v) is 18.5. The minimum Gasteiger partial charge on any atom is -0.488 e. The standard InChI is InChI=1S/C33H45ClN8O4S/c1-20(2)47(44,45)32-29(19-40(5)39-32)36-31-27(34)18-35-33(38-31)37-28-16-21(3)26(17-30(28)46-25-10-11-25)23-6-8-24(9-7-23)42-14-12-41(13-15-42)22(4)43/h16-20,23-25H,6-15H2,1-5H3,(H2,35,36,37,38)/t23-,24+. The molecule has 3 fully saturated rings. The first-order valence-electron chi connectivity index (χ1n) is 16.5. The number of benzene rings is 1. The number of halogens is 1. The molecule has 1 amide bonds. The molecule has 3 heterocycles. The number of rotatable bonds is 10. The van der Waals surface area contributed by atoms with E-state index >= 15 is 0 Å². The van der Waals surface area contributed by atoms with Crippen LogP contribution >= 0.6 is 11.6 Å². The molecule has 2 aromatic heterocycles. The number of hydrogen-bond donors (Lipinski definition) is 2. The molecule has 0 spiro atoms. The van der Waals surface area contributed by atoms with Gasteiger partial charge in [0.25, 0.3) is 0 Å². The number of amides is 1. The van der Waals surface area contributed by atoms with E-state index in [0.717, 1.165) is 76.1 Å². The summed E-state index contributed by atoms with van der Waals surface area (Å²) in [5, 5.41) is 10.1. The maximum atomic E-state index is 13.0. The molecule has 6 rings (SSSR count). The van der Waals surface area contributed by atoms with Gasteiger partial charge in [0.05, 0.1) is 28.9 Å². The monoisotopic (exact) mass is 684 g/mol. The van der Waals surface area contributed by atoms with Gasteiger partial charge < -0.3 is 20.3 Å². The summed E-state index contributed by atoms with van der Waals surface area (Å²) in [6.45, 7) is 10.6. The Labute approximate surface area is 282 Å². The Bertz CT molecular complexity index is 1730. The Hall–Kier alpha value is -3.42. The molecule has 2 N–H and O–H groups in total. The molecular formula is C33H45ClN8O4S. The fourth-order valence-electron chi connectivity index (χ4n) is 6.61. The fourth-order valence-corrected chi connectivity index (χ4v) is 7.85. The molecule has 0 radical (unpaired) electrons. The van der Waals surface area contributed by atoms with Crippen molar-refractivity contribution in [3.05, 3.63) is 40.7 Å². The lowest BCUT2D eigenvalue weighted by molar-refractivity contribution is -0.131. The van der Waals surface area contributed by atoms with Crippen molar-refractivity contribution in [3.8, 4) is 5.75 Å². The van der Waals surface area contributed by atoms with Gasteiger partial charge in [0.1, 0.15) is 10.8 Å². The lowest BCUT2D eigenvalue weighted by atomic mass is 9.79. The molecule has 12 nitrogen and oxygen atoms in total. The van der Waals surface area contributed by atoms with Crippen LogP contribution in [-0.2, 0) is 21.7 Å². The highest BCUT2D eigenvalue weighted by Gasteiger charge is 2.32. The first-order chi connectivity index (χ1) is 22.4. The molecular weight excluding hydrogens is 640 g/mol. The van der Waals surface area contributed by atoms with Crippen molar-refractivity contribution in [1.82, 2.24) is 29.5 Å². The van der Waals surface area contributed by atoms with E-state index in [0.29, 0.717) is 23.6 Å². The number of hydrogen-bond acceptors (Lipinski definition) is 10. The van der Waals surface area contributed by atoms with Gasteiger partial charge in [-0.15, -0.1) is 0 Å². The van der Waals surface area contributed by atoms with Crippen molar-refractivity contribution in [1.29, 1.82) is 0 Å². The van der Waals surface area contributed by atoms with E-state index in [1.807, 2.05) is 4.90 Å². The third kappa shape index (κ3) is 7.52. The SMILES string of the molecule is CC(=O)N1CCN([C@H]2CC[C@@H](c3cc(OC4CC4)c(Nc4ncc(Cl)c(Nc5cn(C)nc5S(=O)(=O)C(C)C)n4)cc3C)CC2)CC1. The molecule has 14 heteroatoms. The number of carbonyl (C=O) groups is 1. The van der Waals surface area contributed by atoms with Gasteiger partial charge in [-0.2, -0.15) is 10.1 Å². The van der Waals surface area contributed by atoms with E-state index < -0.39 is 15.1 Å². The second kappa shape index (κ2) is 13.6. The first kappa shape index (κ1) is 33.5. The molecule has 1 aromatic carbocycles. The molecule has 0 bridgehead atoms. The smallest absolute Gasteiger partial charge is 0.229 e. The quantitative estimate of drug-likeness (QED) is 0.279. The molecule has 2 aliphatic carbocycles. The van der Waals surface area contributed by atoms with Gasteiger partial charge in [0, 0.05) is 52.4 Å². The van der Waals surface area contributed by atoms with E-state index in [9.17, 15) is 13.2 Å². The Morgan fingerprint density at radius 1 is 1.02 bits per heavy atom. The molecule has 1 aliphatic heterocycles. The summed E-state index contributed by atoms with van der Waals surface area (Å²) in [5.41, 5.74) is 3.56. The van der Waals surface area contributed by atoms with Crippen LogP contribution in [0.4, 0.5) is 23.1 Å². The normalized spacial score (nSPS) is 20.8. The van der Waals surface area contributed by atoms with Gasteiger partial charge in [-0.1, -0.05) is 11.6 Å². The molecule has 1 saturated heterocycles. The second-order valence-electron chi connectivity index (χ2n) is 13.3. The molecule has 0 unspecified atom stereocenters. The summed E-state index contributed by atoms with van der Waals surface area (Å²) < 4.78 is 33.8. The molecule has 0 atom stereocenters. The zero-order valence-corrected chi connectivity index (χ0v) is 29.4. The van der Waals surface area contributed by atoms with Crippen LogP contribution in [0.5, 0.6) is 5.75 Å². The zero-order chi connectivity index (χ0) is 33.5. The Kier molecular flexibility index (Phi) is 9.69. The minimum atomic E-state index is -3.65. The van der Waals surface area contributed by atoms with Crippen molar-refractivity contribution in [2.75, 3.05) is 36.8 Å². The van der Waals surface area contributed by atoms with Crippen molar-refractivity contribution in [2.24, 2.45) is 7.05 Å². The van der Waals surface area contributed by atoms with Gasteiger partial charge in [-0.25, -0.2) is 13.4 Å². The van der Waals surface area contributed by atoms with E-state index in [-0.39, 0.29) is 27.9 Å². The van der Waals surface area contributed by atoms with Crippen LogP contribution in [0.15, 0.2) is 29.6 Å². The lowest BCUT2D eigenvalue weighted by Crippen LogP contribution is -2.52. The number of carbonyl (C=O) groups excluding carboxylic acids is 1. The van der Waals surface area contributed by atoms with Gasteiger partial charge >= 0.3 is 0 Å². The number of piperazine rings is 1. The highest BCUT2D eigenvalue weighted by molar-refractivity contribution is 7.92. The third-order valence-corrected chi connectivity index (χ3v) is 11.9. The summed E-state index contributed by atoms with van der Waals surface area (Å²) in [5.74, 6) is 1.96. The third-order valence-electron chi connectivity index (χ3n) is 9.53. The predicted octanol–water partition coefficient (Wildman–Crippen LogP) is 5.57. The van der Waals surface area contributed by atoms with E-state index in [1.54, 1.807) is 34.0 Å². The predicted molar refractivity (Wildman–Crippen MR) is 183 cm³/mol. The minimum absolute atomic E-state index is 0.0601. The molecule has 2 saturated carbocycles. The average Bonchev–Trinajstić information content (AvgIpc) is 3.78. The molecule has 3 aromatic rings. The summed E-state index contributed by atoms with van der Waals surface area (Å²) in [6, 6.07) is 4.88. The summed E-state index contributed by atoms with van der Waals surface area (Å²) >= 11 is 6.47. The number of aromatic nitrogens is 4. The van der Waals surface area contributed by atoms with Gasteiger partial charge in [-0.05, 0) is 88.5 Å². The fraction of sp³-hybridized carbons (Fsp3) is 0.576. The van der Waals surface area contributed by atoms with Crippen molar-refractivity contribution < 1.29 is 17.9 Å². The van der Waals surface area contributed by atoms with Gasteiger partial charge in [-0.3, -0.25) is 14.4 Å². The van der Waals surface area contributed by atoms with Gasteiger partial charge in [0.2, 0.25) is 26.7 Å². The second-order valence-corrected chi connectivity index (χ2v) is 16.2.